The van der Waals surface area contributed by atoms with E-state index in [0.29, 0.717) is 0 Å². The normalized spacial score (nSPS) is 10.0. The zero-order valence-corrected chi connectivity index (χ0v) is 24.4. The highest BCUT2D eigenvalue weighted by atomic mass is 14.1. The first-order valence-electron chi connectivity index (χ1n) is 13.9. The van der Waals surface area contributed by atoms with Crippen molar-refractivity contribution in [1.82, 2.24) is 0 Å². The van der Waals surface area contributed by atoms with Crippen LogP contribution in [0.2, 0.25) is 0 Å². The Bertz CT molecular complexity index is 1080. The van der Waals surface area contributed by atoms with Gasteiger partial charge in [-0.1, -0.05) is 131 Å². The number of hydrogen-bond donors (Lipinski definition) is 0. The standard InChI is InChI=1S/C30H34.C4H10.C2H6/c1-21(2)28-17-18-30(25(6)27-15-11-22(3)12-16-27)29(20-28)10-8-7-9-26-14-13-23(4)19-24(26)5;1-3-4-2;1-2/h11-20H,1,6-10H2,2-5H3;3-4H2,1-2H3;1-2H3. The molecule has 0 aromatic heterocycles. The van der Waals surface area contributed by atoms with Gasteiger partial charge >= 0.3 is 0 Å². The molecule has 0 aliphatic carbocycles. The van der Waals surface area contributed by atoms with E-state index in [1.54, 1.807) is 0 Å². The Balaban J connectivity index is 0.000000982. The lowest BCUT2D eigenvalue weighted by Crippen LogP contribution is -1.98. The lowest BCUT2D eigenvalue weighted by atomic mass is 9.89. The third kappa shape index (κ3) is 10.0. The predicted octanol–water partition coefficient (Wildman–Crippen LogP) is 11.1. The van der Waals surface area contributed by atoms with Gasteiger partial charge in [0.1, 0.15) is 0 Å². The summed E-state index contributed by atoms with van der Waals surface area (Å²) in [7, 11) is 0. The van der Waals surface area contributed by atoms with E-state index in [0.717, 1.165) is 24.0 Å². The molecular weight excluding hydrogens is 432 g/mol. The molecule has 3 rings (SSSR count). The van der Waals surface area contributed by atoms with Gasteiger partial charge in [0.25, 0.3) is 0 Å². The van der Waals surface area contributed by atoms with E-state index < -0.39 is 0 Å². The second-order valence-corrected chi connectivity index (χ2v) is 9.63. The van der Waals surface area contributed by atoms with E-state index >= 15 is 0 Å². The van der Waals surface area contributed by atoms with Gasteiger partial charge in [0.05, 0.1) is 0 Å². The van der Waals surface area contributed by atoms with Crippen molar-refractivity contribution in [3.8, 4) is 0 Å². The van der Waals surface area contributed by atoms with Crippen molar-refractivity contribution in [2.75, 3.05) is 0 Å². The Kier molecular flexibility index (Phi) is 14.5. The first-order chi connectivity index (χ1) is 17.3. The quantitative estimate of drug-likeness (QED) is 0.266. The number of rotatable bonds is 9. The van der Waals surface area contributed by atoms with Crippen LogP contribution in [0.15, 0.2) is 73.8 Å². The van der Waals surface area contributed by atoms with E-state index in [4.69, 9.17) is 0 Å². The average Bonchev–Trinajstić information content (AvgIpc) is 2.89. The first kappa shape index (κ1) is 31.2. The van der Waals surface area contributed by atoms with Gasteiger partial charge in [0, 0.05) is 0 Å². The van der Waals surface area contributed by atoms with Crippen LogP contribution in [0.5, 0.6) is 0 Å². The molecule has 0 N–H and O–H groups in total. The fourth-order valence-corrected chi connectivity index (χ4v) is 4.03. The first-order valence-corrected chi connectivity index (χ1v) is 13.9. The number of allylic oxidation sites excluding steroid dienone is 1. The Morgan fingerprint density at radius 3 is 1.69 bits per heavy atom. The van der Waals surface area contributed by atoms with Crippen molar-refractivity contribution >= 4 is 11.1 Å². The molecule has 0 nitrogen and oxygen atoms in total. The van der Waals surface area contributed by atoms with Gasteiger partial charge in [0.15, 0.2) is 0 Å². The molecule has 0 saturated heterocycles. The third-order valence-corrected chi connectivity index (χ3v) is 6.46. The smallest absolute Gasteiger partial charge is 0.0151 e. The lowest BCUT2D eigenvalue weighted by Gasteiger charge is -2.15. The molecule has 0 bridgehead atoms. The van der Waals surface area contributed by atoms with Crippen molar-refractivity contribution in [1.29, 1.82) is 0 Å². The fourth-order valence-electron chi connectivity index (χ4n) is 4.03. The summed E-state index contributed by atoms with van der Waals surface area (Å²) in [6.07, 6.45) is 7.20. The summed E-state index contributed by atoms with van der Waals surface area (Å²) in [5, 5.41) is 0. The van der Waals surface area contributed by atoms with Gasteiger partial charge < -0.3 is 0 Å². The van der Waals surface area contributed by atoms with Gasteiger partial charge in [-0.2, -0.15) is 0 Å². The number of unbranched alkanes of at least 4 members (excludes halogenated alkanes) is 2. The highest BCUT2D eigenvalue weighted by Crippen LogP contribution is 2.29. The summed E-state index contributed by atoms with van der Waals surface area (Å²) in [5.41, 5.74) is 12.8. The third-order valence-electron chi connectivity index (χ3n) is 6.46. The van der Waals surface area contributed by atoms with Crippen LogP contribution < -0.4 is 0 Å². The molecule has 3 aromatic carbocycles. The van der Waals surface area contributed by atoms with Crippen LogP contribution >= 0.6 is 0 Å². The van der Waals surface area contributed by atoms with E-state index in [1.807, 2.05) is 13.8 Å². The second-order valence-electron chi connectivity index (χ2n) is 9.63. The zero-order valence-electron chi connectivity index (χ0n) is 24.4. The van der Waals surface area contributed by atoms with Gasteiger partial charge in [-0.05, 0) is 92.3 Å². The van der Waals surface area contributed by atoms with E-state index in [2.05, 4.69) is 115 Å². The van der Waals surface area contributed by atoms with Crippen molar-refractivity contribution in [2.24, 2.45) is 0 Å². The minimum atomic E-state index is 1.06. The van der Waals surface area contributed by atoms with Crippen LogP contribution in [-0.2, 0) is 12.8 Å². The SMILES string of the molecule is C=C(C)c1ccc(C(=C)c2ccc(C)cc2)c(CCCCc2ccc(C)cc2C)c1.CC.CCCC. The summed E-state index contributed by atoms with van der Waals surface area (Å²) in [5.74, 6) is 0. The van der Waals surface area contributed by atoms with Gasteiger partial charge in [-0.15, -0.1) is 0 Å². The molecule has 0 amide bonds. The molecule has 0 aliphatic rings. The molecule has 0 saturated carbocycles. The topological polar surface area (TPSA) is 0 Å². The Labute approximate surface area is 223 Å². The average molecular weight is 483 g/mol. The largest absolute Gasteiger partial charge is 0.0955 e. The zero-order chi connectivity index (χ0) is 27.1. The molecule has 194 valence electrons. The van der Waals surface area contributed by atoms with Crippen LogP contribution in [0.1, 0.15) is 105 Å². The lowest BCUT2D eigenvalue weighted by molar-refractivity contribution is 0.731. The molecule has 0 heterocycles. The van der Waals surface area contributed by atoms with Crippen LogP contribution in [-0.4, -0.2) is 0 Å². The summed E-state index contributed by atoms with van der Waals surface area (Å²) < 4.78 is 0. The second kappa shape index (κ2) is 16.7. The van der Waals surface area contributed by atoms with Crippen molar-refractivity contribution in [3.63, 3.8) is 0 Å². The summed E-state index contributed by atoms with van der Waals surface area (Å²) >= 11 is 0. The van der Waals surface area contributed by atoms with E-state index in [9.17, 15) is 0 Å². The number of hydrogen-bond acceptors (Lipinski definition) is 0. The van der Waals surface area contributed by atoms with Crippen LogP contribution in [0.3, 0.4) is 0 Å². The minimum absolute atomic E-state index is 1.06. The maximum Gasteiger partial charge on any atom is -0.0151 e. The Morgan fingerprint density at radius 1 is 0.639 bits per heavy atom. The Hall–Kier alpha value is -2.86. The highest BCUT2D eigenvalue weighted by Gasteiger charge is 2.10. The summed E-state index contributed by atoms with van der Waals surface area (Å²) in [6.45, 7) is 25.5. The number of benzene rings is 3. The maximum absolute atomic E-state index is 4.43. The van der Waals surface area contributed by atoms with Crippen molar-refractivity contribution < 1.29 is 0 Å². The Morgan fingerprint density at radius 2 is 1.17 bits per heavy atom. The molecule has 36 heavy (non-hydrogen) atoms. The fraction of sp³-hybridized carbons (Fsp3) is 0.389. The van der Waals surface area contributed by atoms with Crippen molar-refractivity contribution in [3.05, 3.63) is 118 Å². The van der Waals surface area contributed by atoms with Crippen LogP contribution in [0.25, 0.3) is 11.1 Å². The molecule has 0 aliphatic heterocycles. The number of aryl methyl sites for hydroxylation is 5. The molecule has 0 unspecified atom stereocenters. The predicted molar refractivity (Wildman–Crippen MR) is 165 cm³/mol. The molecule has 0 spiro atoms. The minimum Gasteiger partial charge on any atom is -0.0955 e. The summed E-state index contributed by atoms with van der Waals surface area (Å²) in [6, 6.07) is 22.2. The molecule has 0 radical (unpaired) electrons. The molecule has 0 fully saturated rings. The maximum atomic E-state index is 4.43. The van der Waals surface area contributed by atoms with Crippen LogP contribution in [0, 0.1) is 20.8 Å². The van der Waals surface area contributed by atoms with Gasteiger partial charge in [0.2, 0.25) is 0 Å². The van der Waals surface area contributed by atoms with Crippen molar-refractivity contribution in [2.45, 2.75) is 93.9 Å². The molecule has 0 atom stereocenters. The summed E-state index contributed by atoms with van der Waals surface area (Å²) in [4.78, 5) is 0. The highest BCUT2D eigenvalue weighted by molar-refractivity contribution is 5.81. The molecule has 0 heteroatoms. The molecule has 3 aromatic rings. The molecular formula is C36H50. The van der Waals surface area contributed by atoms with Crippen LogP contribution in [0.4, 0.5) is 0 Å². The van der Waals surface area contributed by atoms with Gasteiger partial charge in [-0.3, -0.25) is 0 Å². The van der Waals surface area contributed by atoms with E-state index in [1.165, 1.54) is 70.2 Å². The monoisotopic (exact) mass is 482 g/mol. The van der Waals surface area contributed by atoms with Gasteiger partial charge in [-0.25, -0.2) is 0 Å². The van der Waals surface area contributed by atoms with E-state index in [-0.39, 0.29) is 0 Å².